The smallest absolute Gasteiger partial charge is 0.226 e. The van der Waals surface area contributed by atoms with Crippen molar-refractivity contribution in [2.75, 3.05) is 33.4 Å². The first-order valence-corrected chi connectivity index (χ1v) is 6.20. The number of aliphatic hydroxyl groups excluding tert-OH is 1. The largest absolute Gasteiger partial charge is 0.394 e. The Labute approximate surface area is 104 Å². The molecule has 4 nitrogen and oxygen atoms in total. The van der Waals surface area contributed by atoms with E-state index < -0.39 is 0 Å². The standard InChI is InChI=1S/C13H25NO3/c1-12(2)10(13(12,3)4)11(16)14(5)6-8-17-9-7-15/h10,15H,6-9H2,1-5H3. The Morgan fingerprint density at radius 2 is 1.76 bits per heavy atom. The summed E-state index contributed by atoms with van der Waals surface area (Å²) >= 11 is 0. The van der Waals surface area contributed by atoms with Crippen LogP contribution in [0, 0.1) is 16.7 Å². The van der Waals surface area contributed by atoms with Gasteiger partial charge >= 0.3 is 0 Å². The summed E-state index contributed by atoms with van der Waals surface area (Å²) in [5.74, 6) is 0.311. The summed E-state index contributed by atoms with van der Waals surface area (Å²) in [6.07, 6.45) is 0. The molecule has 0 aliphatic heterocycles. The maximum absolute atomic E-state index is 12.2. The van der Waals surface area contributed by atoms with Crippen molar-refractivity contribution in [2.45, 2.75) is 27.7 Å². The van der Waals surface area contributed by atoms with Gasteiger partial charge in [-0.2, -0.15) is 0 Å². The van der Waals surface area contributed by atoms with Crippen LogP contribution in [0.3, 0.4) is 0 Å². The minimum atomic E-state index is 0.0281. The SMILES string of the molecule is CN(CCOCCO)C(=O)C1C(C)(C)C1(C)C. The molecular weight excluding hydrogens is 218 g/mol. The number of likely N-dealkylation sites (N-methyl/N-ethyl adjacent to an activating group) is 1. The second-order valence-electron chi connectivity index (χ2n) is 5.97. The molecule has 1 fully saturated rings. The van der Waals surface area contributed by atoms with Gasteiger partial charge < -0.3 is 14.7 Å². The van der Waals surface area contributed by atoms with Crippen molar-refractivity contribution < 1.29 is 14.6 Å². The molecular formula is C13H25NO3. The number of carbonyl (C=O) groups excluding carboxylic acids is 1. The molecule has 0 spiro atoms. The fourth-order valence-electron chi connectivity index (χ4n) is 2.51. The van der Waals surface area contributed by atoms with Gasteiger partial charge in [0.05, 0.1) is 19.8 Å². The van der Waals surface area contributed by atoms with E-state index in [1.165, 1.54) is 0 Å². The molecule has 1 aliphatic carbocycles. The summed E-state index contributed by atoms with van der Waals surface area (Å²) in [4.78, 5) is 14.0. The molecule has 100 valence electrons. The average molecular weight is 243 g/mol. The topological polar surface area (TPSA) is 49.8 Å². The third-order valence-corrected chi connectivity index (χ3v) is 4.45. The average Bonchev–Trinajstić information content (AvgIpc) is 2.63. The molecule has 1 rings (SSSR count). The zero-order valence-corrected chi connectivity index (χ0v) is 11.6. The fourth-order valence-corrected chi connectivity index (χ4v) is 2.51. The molecule has 1 saturated carbocycles. The van der Waals surface area contributed by atoms with Crippen molar-refractivity contribution >= 4 is 5.91 Å². The lowest BCUT2D eigenvalue weighted by atomic mass is 10.0. The lowest BCUT2D eigenvalue weighted by molar-refractivity contribution is -0.133. The highest BCUT2D eigenvalue weighted by atomic mass is 16.5. The first-order valence-electron chi connectivity index (χ1n) is 6.20. The van der Waals surface area contributed by atoms with Gasteiger partial charge in [-0.05, 0) is 10.8 Å². The highest BCUT2D eigenvalue weighted by Crippen LogP contribution is 2.68. The van der Waals surface area contributed by atoms with Crippen molar-refractivity contribution in [3.63, 3.8) is 0 Å². The van der Waals surface area contributed by atoms with Gasteiger partial charge in [0.25, 0.3) is 0 Å². The molecule has 0 saturated heterocycles. The van der Waals surface area contributed by atoms with E-state index in [0.717, 1.165) is 0 Å². The molecule has 1 N–H and O–H groups in total. The minimum Gasteiger partial charge on any atom is -0.394 e. The van der Waals surface area contributed by atoms with Crippen LogP contribution in [0.4, 0.5) is 0 Å². The molecule has 0 aromatic heterocycles. The maximum Gasteiger partial charge on any atom is 0.226 e. The van der Waals surface area contributed by atoms with E-state index in [1.807, 2.05) is 7.05 Å². The second-order valence-corrected chi connectivity index (χ2v) is 5.97. The Kier molecular flexibility index (Phi) is 4.20. The molecule has 0 heterocycles. The van der Waals surface area contributed by atoms with Crippen LogP contribution in [0.1, 0.15) is 27.7 Å². The summed E-state index contributed by atoms with van der Waals surface area (Å²) in [7, 11) is 1.81. The van der Waals surface area contributed by atoms with Gasteiger partial charge in [0.1, 0.15) is 0 Å². The third-order valence-electron chi connectivity index (χ3n) is 4.45. The summed E-state index contributed by atoms with van der Waals surface area (Å²) in [6.45, 7) is 10.0. The molecule has 1 aliphatic rings. The summed E-state index contributed by atoms with van der Waals surface area (Å²) in [6, 6.07) is 0. The predicted octanol–water partition coefficient (Wildman–Crippen LogP) is 1.14. The first kappa shape index (κ1) is 14.5. The quantitative estimate of drug-likeness (QED) is 0.712. The number of hydrogen-bond donors (Lipinski definition) is 1. The van der Waals surface area contributed by atoms with Gasteiger partial charge in [-0.15, -0.1) is 0 Å². The molecule has 0 radical (unpaired) electrons. The van der Waals surface area contributed by atoms with Crippen LogP contribution in [-0.4, -0.2) is 49.3 Å². The van der Waals surface area contributed by atoms with E-state index in [4.69, 9.17) is 9.84 Å². The number of ether oxygens (including phenoxy) is 1. The van der Waals surface area contributed by atoms with Crippen molar-refractivity contribution in [1.82, 2.24) is 4.90 Å². The number of rotatable bonds is 6. The second kappa shape index (κ2) is 4.94. The third kappa shape index (κ3) is 2.63. The molecule has 1 amide bonds. The van der Waals surface area contributed by atoms with Gasteiger partial charge in [-0.25, -0.2) is 0 Å². The van der Waals surface area contributed by atoms with Gasteiger partial charge in [0, 0.05) is 19.5 Å². The lowest BCUT2D eigenvalue weighted by Gasteiger charge is -2.18. The molecule has 0 aromatic rings. The number of amides is 1. The number of nitrogens with zero attached hydrogens (tertiary/aromatic N) is 1. The van der Waals surface area contributed by atoms with Gasteiger partial charge in [0.2, 0.25) is 5.91 Å². The van der Waals surface area contributed by atoms with Gasteiger partial charge in [-0.1, -0.05) is 27.7 Å². The molecule has 0 aromatic carbocycles. The lowest BCUT2D eigenvalue weighted by Crippen LogP contribution is -2.33. The number of carbonyl (C=O) groups is 1. The Hall–Kier alpha value is -0.610. The van der Waals surface area contributed by atoms with Crippen LogP contribution < -0.4 is 0 Å². The van der Waals surface area contributed by atoms with Gasteiger partial charge in [-0.3, -0.25) is 4.79 Å². The van der Waals surface area contributed by atoms with Crippen LogP contribution >= 0.6 is 0 Å². The molecule has 0 bridgehead atoms. The highest BCUT2D eigenvalue weighted by molar-refractivity contribution is 5.84. The van der Waals surface area contributed by atoms with Crippen LogP contribution in [0.2, 0.25) is 0 Å². The number of hydrogen-bond acceptors (Lipinski definition) is 3. The summed E-state index contributed by atoms with van der Waals surface area (Å²) in [5, 5.41) is 8.57. The van der Waals surface area contributed by atoms with E-state index in [1.54, 1.807) is 4.90 Å². The summed E-state index contributed by atoms with van der Waals surface area (Å²) < 4.78 is 5.16. The van der Waals surface area contributed by atoms with Crippen molar-refractivity contribution in [3.05, 3.63) is 0 Å². The predicted molar refractivity (Wildman–Crippen MR) is 66.6 cm³/mol. The van der Waals surface area contributed by atoms with Crippen LogP contribution in [0.25, 0.3) is 0 Å². The van der Waals surface area contributed by atoms with E-state index in [9.17, 15) is 4.79 Å². The fraction of sp³-hybridized carbons (Fsp3) is 0.923. The van der Waals surface area contributed by atoms with Crippen LogP contribution in [-0.2, 0) is 9.53 Å². The maximum atomic E-state index is 12.2. The van der Waals surface area contributed by atoms with Crippen molar-refractivity contribution in [3.8, 4) is 0 Å². The Balaban J connectivity index is 2.39. The minimum absolute atomic E-state index is 0.0281. The first-order chi connectivity index (χ1) is 7.76. The Morgan fingerprint density at radius 3 is 2.18 bits per heavy atom. The van der Waals surface area contributed by atoms with Crippen LogP contribution in [0.15, 0.2) is 0 Å². The van der Waals surface area contributed by atoms with Gasteiger partial charge in [0.15, 0.2) is 0 Å². The zero-order valence-electron chi connectivity index (χ0n) is 11.6. The molecule has 0 atom stereocenters. The van der Waals surface area contributed by atoms with E-state index in [2.05, 4.69) is 27.7 Å². The highest BCUT2D eigenvalue weighted by Gasteiger charge is 2.68. The normalized spacial score (nSPS) is 21.3. The van der Waals surface area contributed by atoms with E-state index >= 15 is 0 Å². The van der Waals surface area contributed by atoms with Crippen molar-refractivity contribution in [2.24, 2.45) is 16.7 Å². The van der Waals surface area contributed by atoms with Crippen LogP contribution in [0.5, 0.6) is 0 Å². The molecule has 4 heteroatoms. The summed E-state index contributed by atoms with van der Waals surface area (Å²) in [5.41, 5.74) is 0.175. The van der Waals surface area contributed by atoms with E-state index in [0.29, 0.717) is 19.8 Å². The Morgan fingerprint density at radius 1 is 1.24 bits per heavy atom. The number of aliphatic hydroxyl groups is 1. The monoisotopic (exact) mass is 243 g/mol. The zero-order chi connectivity index (χ0) is 13.3. The molecule has 17 heavy (non-hydrogen) atoms. The van der Waals surface area contributed by atoms with Crippen molar-refractivity contribution in [1.29, 1.82) is 0 Å². The Bertz CT molecular complexity index is 272. The van der Waals surface area contributed by atoms with E-state index in [-0.39, 0.29) is 29.3 Å². The molecule has 0 unspecified atom stereocenters.